The number of nitrogens with zero attached hydrogens (tertiary/aromatic N) is 1. The number of likely N-dealkylation sites (N-methyl/N-ethyl adjacent to an activating group) is 1. The van der Waals surface area contributed by atoms with Crippen LogP contribution in [0.3, 0.4) is 0 Å². The van der Waals surface area contributed by atoms with Crippen molar-refractivity contribution in [2.24, 2.45) is 0 Å². The van der Waals surface area contributed by atoms with Gasteiger partial charge in [-0.2, -0.15) is 0 Å². The van der Waals surface area contributed by atoms with E-state index in [4.69, 9.17) is 18.9 Å². The van der Waals surface area contributed by atoms with E-state index in [-0.39, 0.29) is 32.2 Å². The minimum atomic E-state index is -1.62. The molecule has 9 heteroatoms. The lowest BCUT2D eigenvalue weighted by Crippen LogP contribution is -2.44. The van der Waals surface area contributed by atoms with Gasteiger partial charge in [0.15, 0.2) is 12.4 Å². The van der Waals surface area contributed by atoms with Crippen molar-refractivity contribution in [3.8, 4) is 0 Å². The van der Waals surface area contributed by atoms with Crippen LogP contribution in [0, 0.1) is 0 Å². The number of hydrogen-bond donors (Lipinski definition) is 0. The summed E-state index contributed by atoms with van der Waals surface area (Å²) in [6.45, 7) is 4.71. The molecule has 2 unspecified atom stereocenters. The van der Waals surface area contributed by atoms with Crippen molar-refractivity contribution in [1.82, 2.24) is 0 Å². The van der Waals surface area contributed by atoms with Gasteiger partial charge in [-0.25, -0.2) is 0 Å². The quantitative estimate of drug-likeness (QED) is 0.0195. The number of carbonyl (C=O) groups is 3. The molecule has 0 radical (unpaired) electrons. The number of carboxylic acids is 1. The van der Waals surface area contributed by atoms with E-state index in [1.807, 2.05) is 21.1 Å². The number of ether oxygens (including phenoxy) is 4. The molecule has 516 valence electrons. The molecule has 0 saturated heterocycles. The number of aliphatic carboxylic acids is 1. The molecule has 0 heterocycles. The minimum absolute atomic E-state index is 0.151. The molecular weight excluding hydrogens is 1090 g/mol. The molecule has 0 aliphatic heterocycles. The third-order valence-corrected chi connectivity index (χ3v) is 17.3. The van der Waals surface area contributed by atoms with Crippen molar-refractivity contribution in [2.45, 2.75) is 392 Å². The molecule has 9 nitrogen and oxygen atoms in total. The summed E-state index contributed by atoms with van der Waals surface area (Å²) < 4.78 is 22.9. The maximum absolute atomic E-state index is 13.0. The number of rotatable bonds is 72. The largest absolute Gasteiger partial charge is 0.545 e. The van der Waals surface area contributed by atoms with E-state index in [2.05, 4.69) is 62.5 Å². The zero-order chi connectivity index (χ0) is 64.0. The van der Waals surface area contributed by atoms with Crippen molar-refractivity contribution < 1.29 is 42.9 Å². The maximum atomic E-state index is 13.0. The highest BCUT2D eigenvalue weighted by Crippen LogP contribution is 2.20. The van der Waals surface area contributed by atoms with Gasteiger partial charge >= 0.3 is 11.9 Å². The molecule has 0 N–H and O–H groups in total. The lowest BCUT2D eigenvalue weighted by Gasteiger charge is -2.26. The second kappa shape index (κ2) is 70.1. The number of unbranched alkanes of at least 4 members (excludes halogenated alkanes) is 49. The average Bonchev–Trinajstić information content (AvgIpc) is 3.62. The van der Waals surface area contributed by atoms with Crippen LogP contribution in [0.25, 0.3) is 0 Å². The molecular formula is C79H147NO8. The van der Waals surface area contributed by atoms with Crippen LogP contribution in [0.4, 0.5) is 0 Å². The van der Waals surface area contributed by atoms with Crippen molar-refractivity contribution in [2.75, 3.05) is 47.5 Å². The molecule has 0 aliphatic carbocycles. The summed E-state index contributed by atoms with van der Waals surface area (Å²) in [5.74, 6) is -2.25. The molecule has 0 rings (SSSR count). The smallest absolute Gasteiger partial charge is 0.306 e. The third-order valence-electron chi connectivity index (χ3n) is 17.3. The van der Waals surface area contributed by atoms with E-state index >= 15 is 0 Å². The van der Waals surface area contributed by atoms with Crippen molar-refractivity contribution in [3.63, 3.8) is 0 Å². The zero-order valence-corrected chi connectivity index (χ0v) is 59.1. The van der Waals surface area contributed by atoms with Gasteiger partial charge in [-0.3, -0.25) is 9.59 Å². The summed E-state index contributed by atoms with van der Waals surface area (Å²) >= 11 is 0. The zero-order valence-electron chi connectivity index (χ0n) is 59.1. The van der Waals surface area contributed by atoms with Crippen LogP contribution in [0.1, 0.15) is 380 Å². The van der Waals surface area contributed by atoms with Gasteiger partial charge in [0, 0.05) is 12.8 Å². The Hall–Kier alpha value is -2.75. The van der Waals surface area contributed by atoms with E-state index in [1.165, 1.54) is 289 Å². The Morgan fingerprint density at radius 3 is 0.966 bits per heavy atom. The molecule has 0 aliphatic rings. The van der Waals surface area contributed by atoms with Crippen LogP contribution in [0.15, 0.2) is 48.6 Å². The Labute approximate surface area is 546 Å². The SMILES string of the molecule is CC/C=C\C/C=C\C/C=C\C/C=C\CCCCCCCCCCCCCCCCCCCCCCC(=O)OC(COC(=O)CCCCCCCCCCCCCCCCCCCCCCCCCCCCCCCC)COC(OCC[N+](C)(C)C)C(=O)[O-]. The number of carbonyl (C=O) groups excluding carboxylic acids is 3. The summed E-state index contributed by atoms with van der Waals surface area (Å²) in [4.78, 5) is 37.6. The average molecular weight is 1240 g/mol. The lowest BCUT2D eigenvalue weighted by molar-refractivity contribution is -0.870. The standard InChI is InChI=1S/C79H147NO8/c1-6-8-10-12-14-16-18-20-22-24-26-28-30-32-34-36-38-39-40-42-44-46-48-50-52-54-56-58-60-62-64-66-68-70-77(82)88-75(74-87-79(78(83)84)85-72-71-80(3,4)5)73-86-76(81)69-67-65-63-61-59-57-55-53-51-49-47-45-43-41-37-35-33-31-29-27-25-23-21-19-17-15-13-11-9-7-2/h8,10,14,16,20,22,26,28,75,79H,6-7,9,11-13,15,17-19,21,23-25,27,29-74H2,1-5H3/b10-8-,16-14-,22-20-,28-26-. The fourth-order valence-electron chi connectivity index (χ4n) is 11.5. The van der Waals surface area contributed by atoms with Crippen LogP contribution in [-0.2, 0) is 33.3 Å². The Morgan fingerprint density at radius 1 is 0.352 bits per heavy atom. The summed E-state index contributed by atoms with van der Waals surface area (Å²) in [5.41, 5.74) is 0. The first-order chi connectivity index (χ1) is 43.1. The highest BCUT2D eigenvalue weighted by molar-refractivity contribution is 5.70. The minimum Gasteiger partial charge on any atom is -0.545 e. The Kier molecular flexibility index (Phi) is 67.9. The maximum Gasteiger partial charge on any atom is 0.306 e. The number of carboxylic acid groups (broad SMARTS) is 1. The summed E-state index contributed by atoms with van der Waals surface area (Å²) in [6.07, 6.45) is 88.0. The van der Waals surface area contributed by atoms with E-state index in [0.717, 1.165) is 64.2 Å². The van der Waals surface area contributed by atoms with E-state index in [0.29, 0.717) is 17.4 Å². The predicted octanol–water partition coefficient (Wildman–Crippen LogP) is 22.8. The Bertz CT molecular complexity index is 1580. The van der Waals surface area contributed by atoms with Crippen LogP contribution in [0.2, 0.25) is 0 Å². The second-order valence-electron chi connectivity index (χ2n) is 27.3. The lowest BCUT2D eigenvalue weighted by atomic mass is 10.0. The fraction of sp³-hybridized carbons (Fsp3) is 0.861. The van der Waals surface area contributed by atoms with Gasteiger partial charge in [-0.15, -0.1) is 0 Å². The van der Waals surface area contributed by atoms with Gasteiger partial charge < -0.3 is 33.3 Å². The number of quaternary nitrogens is 1. The van der Waals surface area contributed by atoms with Crippen molar-refractivity contribution >= 4 is 17.9 Å². The molecule has 2 atom stereocenters. The molecule has 0 aromatic heterocycles. The Morgan fingerprint density at radius 2 is 0.648 bits per heavy atom. The first-order valence-electron chi connectivity index (χ1n) is 38.3. The number of allylic oxidation sites excluding steroid dienone is 8. The summed E-state index contributed by atoms with van der Waals surface area (Å²) in [6, 6.07) is 0. The molecule has 0 spiro atoms. The van der Waals surface area contributed by atoms with Gasteiger partial charge in [0.25, 0.3) is 0 Å². The van der Waals surface area contributed by atoms with Gasteiger partial charge in [0.05, 0.1) is 40.3 Å². The van der Waals surface area contributed by atoms with Crippen molar-refractivity contribution in [1.29, 1.82) is 0 Å². The number of esters is 2. The molecule has 0 bridgehead atoms. The Balaban J connectivity index is 4.00. The van der Waals surface area contributed by atoms with Crippen molar-refractivity contribution in [3.05, 3.63) is 48.6 Å². The molecule has 0 aromatic rings. The second-order valence-corrected chi connectivity index (χ2v) is 27.3. The molecule has 88 heavy (non-hydrogen) atoms. The van der Waals surface area contributed by atoms with Gasteiger partial charge in [0.1, 0.15) is 13.2 Å². The van der Waals surface area contributed by atoms with E-state index < -0.39 is 24.3 Å². The molecule has 0 aromatic carbocycles. The van der Waals surface area contributed by atoms with E-state index in [1.54, 1.807) is 0 Å². The molecule has 0 amide bonds. The van der Waals surface area contributed by atoms with Gasteiger partial charge in [0.2, 0.25) is 0 Å². The van der Waals surface area contributed by atoms with Gasteiger partial charge in [-0.1, -0.05) is 364 Å². The first kappa shape index (κ1) is 85.2. The highest BCUT2D eigenvalue weighted by atomic mass is 16.7. The van der Waals surface area contributed by atoms with Gasteiger partial charge in [-0.05, 0) is 51.4 Å². The number of hydrogen-bond acceptors (Lipinski definition) is 8. The fourth-order valence-corrected chi connectivity index (χ4v) is 11.5. The normalized spacial score (nSPS) is 12.9. The highest BCUT2D eigenvalue weighted by Gasteiger charge is 2.22. The summed E-state index contributed by atoms with van der Waals surface area (Å²) in [5, 5.41) is 11.8. The van der Waals surface area contributed by atoms with Crippen LogP contribution < -0.4 is 5.11 Å². The van der Waals surface area contributed by atoms with E-state index in [9.17, 15) is 19.5 Å². The third kappa shape index (κ3) is 70.7. The predicted molar refractivity (Wildman–Crippen MR) is 376 cm³/mol. The molecule has 0 fully saturated rings. The molecule has 0 saturated carbocycles. The monoisotopic (exact) mass is 1240 g/mol. The summed E-state index contributed by atoms with van der Waals surface area (Å²) in [7, 11) is 5.95. The first-order valence-corrected chi connectivity index (χ1v) is 38.3. The van der Waals surface area contributed by atoms with Crippen LogP contribution >= 0.6 is 0 Å². The van der Waals surface area contributed by atoms with Crippen LogP contribution in [-0.4, -0.2) is 82.3 Å². The topological polar surface area (TPSA) is 111 Å². The van der Waals surface area contributed by atoms with Crippen LogP contribution in [0.5, 0.6) is 0 Å².